The van der Waals surface area contributed by atoms with Crippen molar-refractivity contribution in [1.82, 2.24) is 20.0 Å². The molecule has 22 heavy (non-hydrogen) atoms. The second-order valence-corrected chi connectivity index (χ2v) is 5.76. The summed E-state index contributed by atoms with van der Waals surface area (Å²) in [6.45, 7) is 4.05. The first kappa shape index (κ1) is 15.0. The second-order valence-electron chi connectivity index (χ2n) is 5.76. The average Bonchev–Trinajstić information content (AvgIpc) is 2.98. The molecule has 0 radical (unpaired) electrons. The normalized spacial score (nSPS) is 17.5. The highest BCUT2D eigenvalue weighted by Crippen LogP contribution is 2.22. The van der Waals surface area contributed by atoms with Gasteiger partial charge in [-0.3, -0.25) is 4.79 Å². The van der Waals surface area contributed by atoms with Crippen molar-refractivity contribution in [3.05, 3.63) is 35.8 Å². The summed E-state index contributed by atoms with van der Waals surface area (Å²) in [5, 5.41) is 6.22. The summed E-state index contributed by atoms with van der Waals surface area (Å²) in [5.74, 6) is -0.0507. The van der Waals surface area contributed by atoms with E-state index in [2.05, 4.69) is 15.6 Å². The number of nitrogens with zero attached hydrogens (tertiary/aromatic N) is 2. The molecule has 2 N–H and O–H groups in total. The van der Waals surface area contributed by atoms with Crippen molar-refractivity contribution in [1.29, 1.82) is 0 Å². The first-order valence-corrected chi connectivity index (χ1v) is 7.62. The van der Waals surface area contributed by atoms with E-state index in [0.29, 0.717) is 19.4 Å². The SMILES string of the molecule is COC1(C(=O)NCc2cn3c(C)cccc3n2)CCNCC1. The number of rotatable bonds is 4. The molecule has 1 amide bonds. The van der Waals surface area contributed by atoms with Gasteiger partial charge in [-0.2, -0.15) is 0 Å². The number of amides is 1. The Hall–Kier alpha value is -1.92. The van der Waals surface area contributed by atoms with Crippen LogP contribution in [0.15, 0.2) is 24.4 Å². The molecule has 0 aromatic carbocycles. The Labute approximate surface area is 129 Å². The largest absolute Gasteiger partial charge is 0.368 e. The number of methoxy groups -OCH3 is 1. The monoisotopic (exact) mass is 302 g/mol. The number of piperidine rings is 1. The van der Waals surface area contributed by atoms with E-state index in [0.717, 1.165) is 30.1 Å². The van der Waals surface area contributed by atoms with Gasteiger partial charge in [0.05, 0.1) is 12.2 Å². The number of ether oxygens (including phenoxy) is 1. The van der Waals surface area contributed by atoms with Crippen molar-refractivity contribution in [2.75, 3.05) is 20.2 Å². The van der Waals surface area contributed by atoms with Crippen molar-refractivity contribution in [2.24, 2.45) is 0 Å². The van der Waals surface area contributed by atoms with E-state index in [-0.39, 0.29) is 5.91 Å². The number of nitrogens with one attached hydrogen (secondary N) is 2. The van der Waals surface area contributed by atoms with Crippen molar-refractivity contribution in [3.8, 4) is 0 Å². The zero-order valence-corrected chi connectivity index (χ0v) is 13.1. The minimum atomic E-state index is -0.708. The molecule has 2 aromatic heterocycles. The molecule has 6 heteroatoms. The molecular formula is C16H22N4O2. The van der Waals surface area contributed by atoms with E-state index in [1.807, 2.05) is 35.7 Å². The quantitative estimate of drug-likeness (QED) is 0.885. The van der Waals surface area contributed by atoms with Gasteiger partial charge in [0.1, 0.15) is 11.2 Å². The highest BCUT2D eigenvalue weighted by atomic mass is 16.5. The van der Waals surface area contributed by atoms with Crippen LogP contribution in [0.25, 0.3) is 5.65 Å². The first-order valence-electron chi connectivity index (χ1n) is 7.62. The molecule has 1 aliphatic rings. The molecule has 118 valence electrons. The molecule has 3 rings (SSSR count). The smallest absolute Gasteiger partial charge is 0.252 e. The van der Waals surface area contributed by atoms with Gasteiger partial charge in [-0.05, 0) is 45.0 Å². The van der Waals surface area contributed by atoms with Crippen molar-refractivity contribution in [2.45, 2.75) is 31.9 Å². The minimum Gasteiger partial charge on any atom is -0.368 e. The van der Waals surface area contributed by atoms with Gasteiger partial charge in [0.15, 0.2) is 0 Å². The van der Waals surface area contributed by atoms with E-state index in [1.54, 1.807) is 7.11 Å². The molecule has 1 aliphatic heterocycles. The highest BCUT2D eigenvalue weighted by molar-refractivity contribution is 5.85. The molecule has 3 heterocycles. The average molecular weight is 302 g/mol. The summed E-state index contributed by atoms with van der Waals surface area (Å²) in [6.07, 6.45) is 3.35. The number of carbonyl (C=O) groups excluding carboxylic acids is 1. The van der Waals surface area contributed by atoms with Gasteiger partial charge in [0.25, 0.3) is 5.91 Å². The van der Waals surface area contributed by atoms with Crippen LogP contribution in [-0.2, 0) is 16.1 Å². The van der Waals surface area contributed by atoms with Gasteiger partial charge in [-0.15, -0.1) is 0 Å². The Bertz CT molecular complexity index is 674. The number of carbonyl (C=O) groups is 1. The lowest BCUT2D eigenvalue weighted by molar-refractivity contribution is -0.146. The third kappa shape index (κ3) is 2.71. The summed E-state index contributed by atoms with van der Waals surface area (Å²) in [7, 11) is 1.61. The highest BCUT2D eigenvalue weighted by Gasteiger charge is 2.39. The van der Waals surface area contributed by atoms with E-state index in [1.165, 1.54) is 0 Å². The van der Waals surface area contributed by atoms with E-state index in [4.69, 9.17) is 4.74 Å². The van der Waals surface area contributed by atoms with Gasteiger partial charge in [-0.25, -0.2) is 4.98 Å². The Morgan fingerprint density at radius 3 is 2.91 bits per heavy atom. The molecule has 0 unspecified atom stereocenters. The maximum Gasteiger partial charge on any atom is 0.252 e. The molecule has 6 nitrogen and oxygen atoms in total. The lowest BCUT2D eigenvalue weighted by Gasteiger charge is -2.34. The van der Waals surface area contributed by atoms with E-state index in [9.17, 15) is 4.79 Å². The fourth-order valence-corrected chi connectivity index (χ4v) is 2.97. The van der Waals surface area contributed by atoms with Crippen LogP contribution in [0.5, 0.6) is 0 Å². The first-order chi connectivity index (χ1) is 10.6. The molecule has 0 saturated carbocycles. The van der Waals surface area contributed by atoms with Crippen LogP contribution in [0, 0.1) is 6.92 Å². The number of hydrogen-bond acceptors (Lipinski definition) is 4. The summed E-state index contributed by atoms with van der Waals surface area (Å²) < 4.78 is 7.56. The number of pyridine rings is 1. The third-order valence-corrected chi connectivity index (χ3v) is 4.39. The molecular weight excluding hydrogens is 280 g/mol. The molecule has 0 bridgehead atoms. The van der Waals surface area contributed by atoms with Crippen LogP contribution in [0.3, 0.4) is 0 Å². The molecule has 1 fully saturated rings. The zero-order valence-electron chi connectivity index (χ0n) is 13.1. The van der Waals surface area contributed by atoms with Gasteiger partial charge in [-0.1, -0.05) is 6.07 Å². The number of fused-ring (bicyclic) bond motifs is 1. The van der Waals surface area contributed by atoms with Crippen LogP contribution >= 0.6 is 0 Å². The zero-order chi connectivity index (χ0) is 15.6. The summed E-state index contributed by atoms with van der Waals surface area (Å²) in [4.78, 5) is 17.0. The van der Waals surface area contributed by atoms with Gasteiger partial charge in [0, 0.05) is 19.0 Å². The number of aromatic nitrogens is 2. The molecule has 0 aliphatic carbocycles. The van der Waals surface area contributed by atoms with Gasteiger partial charge in [0.2, 0.25) is 0 Å². The predicted octanol–water partition coefficient (Wildman–Crippen LogP) is 1.03. The van der Waals surface area contributed by atoms with Crippen LogP contribution in [0.1, 0.15) is 24.2 Å². The summed E-state index contributed by atoms with van der Waals surface area (Å²) >= 11 is 0. The Balaban J connectivity index is 1.70. The minimum absolute atomic E-state index is 0.0507. The fraction of sp³-hybridized carbons (Fsp3) is 0.500. The van der Waals surface area contributed by atoms with Gasteiger partial charge >= 0.3 is 0 Å². The lowest BCUT2D eigenvalue weighted by Crippen LogP contribution is -2.53. The number of aryl methyl sites for hydroxylation is 1. The van der Waals surface area contributed by atoms with Gasteiger partial charge < -0.3 is 19.8 Å². The standard InChI is InChI=1S/C16H22N4O2/c1-12-4-3-5-14-19-13(11-20(12)14)10-18-15(21)16(22-2)6-8-17-9-7-16/h3-5,11,17H,6-10H2,1-2H3,(H,18,21). The van der Waals surface area contributed by atoms with Crippen LogP contribution in [0.2, 0.25) is 0 Å². The summed E-state index contributed by atoms with van der Waals surface area (Å²) in [6, 6.07) is 5.97. The summed E-state index contributed by atoms with van der Waals surface area (Å²) in [5.41, 5.74) is 2.16. The third-order valence-electron chi connectivity index (χ3n) is 4.39. The molecule has 0 atom stereocenters. The predicted molar refractivity (Wildman–Crippen MR) is 83.6 cm³/mol. The topological polar surface area (TPSA) is 67.7 Å². The van der Waals surface area contributed by atoms with Crippen molar-refractivity contribution < 1.29 is 9.53 Å². The maximum absolute atomic E-state index is 12.5. The van der Waals surface area contributed by atoms with Crippen LogP contribution < -0.4 is 10.6 Å². The maximum atomic E-state index is 12.5. The molecule has 0 spiro atoms. The van der Waals surface area contributed by atoms with Crippen LogP contribution in [-0.4, -0.2) is 41.1 Å². The van der Waals surface area contributed by atoms with Crippen molar-refractivity contribution >= 4 is 11.6 Å². The van der Waals surface area contributed by atoms with E-state index >= 15 is 0 Å². The fourth-order valence-electron chi connectivity index (χ4n) is 2.97. The lowest BCUT2D eigenvalue weighted by atomic mass is 9.91. The molecule has 1 saturated heterocycles. The van der Waals surface area contributed by atoms with Crippen LogP contribution in [0.4, 0.5) is 0 Å². The van der Waals surface area contributed by atoms with E-state index < -0.39 is 5.60 Å². The Kier molecular flexibility index (Phi) is 4.13. The Morgan fingerprint density at radius 2 is 2.23 bits per heavy atom. The second kappa shape index (κ2) is 6.06. The number of imidazole rings is 1. The number of hydrogen-bond donors (Lipinski definition) is 2. The van der Waals surface area contributed by atoms with Crippen molar-refractivity contribution in [3.63, 3.8) is 0 Å². The Morgan fingerprint density at radius 1 is 1.45 bits per heavy atom. The molecule has 2 aromatic rings.